The van der Waals surface area contributed by atoms with Crippen LogP contribution >= 0.6 is 11.6 Å². The average Bonchev–Trinajstić information content (AvgIpc) is 3.04. The fourth-order valence-electron chi connectivity index (χ4n) is 1.46. The van der Waals surface area contributed by atoms with E-state index in [4.69, 9.17) is 11.6 Å². The van der Waals surface area contributed by atoms with Gasteiger partial charge < -0.3 is 5.32 Å². The van der Waals surface area contributed by atoms with Gasteiger partial charge in [0.15, 0.2) is 0 Å². The Hall–Kier alpha value is -1.36. The Morgan fingerprint density at radius 2 is 2.38 bits per heavy atom. The molecule has 0 aliphatic heterocycles. The topological polar surface area (TPSA) is 68.1 Å². The molecule has 0 atom stereocenters. The number of hydrogen-bond acceptors (Lipinski definition) is 4. The predicted molar refractivity (Wildman–Crippen MR) is 61.7 cm³/mol. The van der Waals surface area contributed by atoms with Crippen molar-refractivity contribution in [2.24, 2.45) is 5.92 Å². The summed E-state index contributed by atoms with van der Waals surface area (Å²) in [5.74, 6) is 1.36. The lowest BCUT2D eigenvalue weighted by atomic mass is 10.3. The molecule has 0 unspecified atom stereocenters. The molecular formula is C10H12ClN3O2. The molecule has 1 saturated carbocycles. The summed E-state index contributed by atoms with van der Waals surface area (Å²) < 4.78 is 0. The van der Waals surface area contributed by atoms with Crippen LogP contribution in [0.25, 0.3) is 0 Å². The number of anilines is 1. The van der Waals surface area contributed by atoms with Gasteiger partial charge in [0.25, 0.3) is 5.69 Å². The zero-order chi connectivity index (χ0) is 11.5. The van der Waals surface area contributed by atoms with Gasteiger partial charge >= 0.3 is 0 Å². The molecule has 0 spiro atoms. The molecule has 86 valence electrons. The van der Waals surface area contributed by atoms with E-state index in [1.165, 1.54) is 25.1 Å². The monoisotopic (exact) mass is 241 g/mol. The number of hydrogen-bond donors (Lipinski definition) is 1. The van der Waals surface area contributed by atoms with E-state index in [0.29, 0.717) is 10.8 Å². The van der Waals surface area contributed by atoms with E-state index >= 15 is 0 Å². The molecule has 1 N–H and O–H groups in total. The van der Waals surface area contributed by atoms with Gasteiger partial charge in [-0.05, 0) is 12.3 Å². The van der Waals surface area contributed by atoms with E-state index in [-0.39, 0.29) is 5.69 Å². The Kier molecular flexibility index (Phi) is 3.24. The first kappa shape index (κ1) is 11.1. The van der Waals surface area contributed by atoms with E-state index in [1.54, 1.807) is 0 Å². The maximum Gasteiger partial charge on any atom is 0.289 e. The highest BCUT2D eigenvalue weighted by Crippen LogP contribution is 2.32. The minimum atomic E-state index is -0.507. The highest BCUT2D eigenvalue weighted by Gasteiger charge is 2.20. The molecule has 6 heteroatoms. The third kappa shape index (κ3) is 2.82. The summed E-state index contributed by atoms with van der Waals surface area (Å²) in [6.07, 6.45) is 4.94. The first-order valence-electron chi connectivity index (χ1n) is 5.20. The molecule has 1 aliphatic rings. The van der Waals surface area contributed by atoms with E-state index in [9.17, 15) is 10.1 Å². The van der Waals surface area contributed by atoms with Crippen molar-refractivity contribution in [1.29, 1.82) is 0 Å². The molecule has 0 bridgehead atoms. The van der Waals surface area contributed by atoms with Crippen LogP contribution in [0.3, 0.4) is 0 Å². The number of rotatable bonds is 5. The summed E-state index contributed by atoms with van der Waals surface area (Å²) in [5.41, 5.74) is -0.0854. The van der Waals surface area contributed by atoms with Crippen LogP contribution < -0.4 is 5.32 Å². The molecule has 0 aromatic carbocycles. The van der Waals surface area contributed by atoms with E-state index in [0.717, 1.165) is 18.9 Å². The largest absolute Gasteiger partial charge is 0.369 e. The van der Waals surface area contributed by atoms with Crippen LogP contribution in [-0.4, -0.2) is 16.5 Å². The van der Waals surface area contributed by atoms with Crippen molar-refractivity contribution in [3.05, 3.63) is 27.4 Å². The molecule has 16 heavy (non-hydrogen) atoms. The Morgan fingerprint density at radius 1 is 1.62 bits per heavy atom. The van der Waals surface area contributed by atoms with E-state index in [2.05, 4.69) is 10.3 Å². The van der Waals surface area contributed by atoms with E-state index < -0.39 is 4.92 Å². The van der Waals surface area contributed by atoms with Gasteiger partial charge in [-0.2, -0.15) is 0 Å². The van der Waals surface area contributed by atoms with Gasteiger partial charge in [0.1, 0.15) is 12.0 Å². The number of nitrogens with one attached hydrogen (secondary N) is 1. The molecule has 5 nitrogen and oxygen atoms in total. The Balaban J connectivity index is 1.95. The lowest BCUT2D eigenvalue weighted by Crippen LogP contribution is -2.04. The molecule has 1 aromatic heterocycles. The van der Waals surface area contributed by atoms with Gasteiger partial charge in [0.2, 0.25) is 0 Å². The summed E-state index contributed by atoms with van der Waals surface area (Å²) >= 11 is 5.87. The van der Waals surface area contributed by atoms with Gasteiger partial charge in [-0.15, -0.1) is 0 Å². The minimum absolute atomic E-state index is 0.0854. The number of nitrogens with zero attached hydrogens (tertiary/aromatic N) is 2. The Morgan fingerprint density at radius 3 is 2.94 bits per heavy atom. The zero-order valence-electron chi connectivity index (χ0n) is 8.65. The fraction of sp³-hybridized carbons (Fsp3) is 0.500. The van der Waals surface area contributed by atoms with Crippen molar-refractivity contribution in [3.63, 3.8) is 0 Å². The molecule has 1 heterocycles. The second kappa shape index (κ2) is 4.65. The normalized spacial score (nSPS) is 14.8. The molecule has 1 aromatic rings. The lowest BCUT2D eigenvalue weighted by Gasteiger charge is -2.06. The van der Waals surface area contributed by atoms with Crippen molar-refractivity contribution in [2.45, 2.75) is 19.3 Å². The average molecular weight is 242 g/mol. The molecule has 0 saturated heterocycles. The van der Waals surface area contributed by atoms with Gasteiger partial charge in [-0.25, -0.2) is 4.98 Å². The molecular weight excluding hydrogens is 230 g/mol. The van der Waals surface area contributed by atoms with Crippen molar-refractivity contribution in [2.75, 3.05) is 11.9 Å². The van der Waals surface area contributed by atoms with Crippen molar-refractivity contribution < 1.29 is 4.92 Å². The second-order valence-corrected chi connectivity index (χ2v) is 4.35. The molecule has 0 amide bonds. The Labute approximate surface area is 98.0 Å². The lowest BCUT2D eigenvalue weighted by molar-refractivity contribution is -0.385. The van der Waals surface area contributed by atoms with Gasteiger partial charge in [0.05, 0.1) is 9.95 Å². The van der Waals surface area contributed by atoms with Gasteiger partial charge in [-0.1, -0.05) is 24.4 Å². The SMILES string of the molecule is O=[N+]([O-])c1cnc(NCCC2CC2)c(Cl)c1. The Bertz CT molecular complexity index is 407. The maximum absolute atomic E-state index is 10.5. The van der Waals surface area contributed by atoms with Crippen LogP contribution in [0.4, 0.5) is 11.5 Å². The van der Waals surface area contributed by atoms with Crippen LogP contribution in [0.15, 0.2) is 12.3 Å². The number of aromatic nitrogens is 1. The third-order valence-electron chi connectivity index (χ3n) is 2.58. The maximum atomic E-state index is 10.5. The fourth-order valence-corrected chi connectivity index (χ4v) is 1.69. The van der Waals surface area contributed by atoms with Crippen LogP contribution in [0.2, 0.25) is 5.02 Å². The van der Waals surface area contributed by atoms with Gasteiger partial charge in [-0.3, -0.25) is 10.1 Å². The molecule has 1 aliphatic carbocycles. The first-order valence-corrected chi connectivity index (χ1v) is 5.58. The predicted octanol–water partition coefficient (Wildman–Crippen LogP) is 2.86. The van der Waals surface area contributed by atoms with Crippen LogP contribution in [0, 0.1) is 16.0 Å². The number of halogens is 1. The smallest absolute Gasteiger partial charge is 0.289 e. The highest BCUT2D eigenvalue weighted by molar-refractivity contribution is 6.33. The number of nitro groups is 1. The summed E-state index contributed by atoms with van der Waals surface area (Å²) in [4.78, 5) is 13.9. The molecule has 1 fully saturated rings. The molecule has 0 radical (unpaired) electrons. The zero-order valence-corrected chi connectivity index (χ0v) is 9.41. The summed E-state index contributed by atoms with van der Waals surface area (Å²) in [5, 5.41) is 13.8. The summed E-state index contributed by atoms with van der Waals surface area (Å²) in [6.45, 7) is 0.815. The summed E-state index contributed by atoms with van der Waals surface area (Å²) in [6, 6.07) is 1.31. The second-order valence-electron chi connectivity index (χ2n) is 3.94. The molecule has 2 rings (SSSR count). The van der Waals surface area contributed by atoms with Crippen molar-refractivity contribution >= 4 is 23.1 Å². The van der Waals surface area contributed by atoms with Crippen LogP contribution in [0.1, 0.15) is 19.3 Å². The highest BCUT2D eigenvalue weighted by atomic mass is 35.5. The first-order chi connectivity index (χ1) is 7.66. The van der Waals surface area contributed by atoms with Crippen molar-refractivity contribution in [3.8, 4) is 0 Å². The van der Waals surface area contributed by atoms with Gasteiger partial charge in [0, 0.05) is 12.6 Å². The quantitative estimate of drug-likeness (QED) is 0.636. The van der Waals surface area contributed by atoms with E-state index in [1.807, 2.05) is 0 Å². The number of pyridine rings is 1. The van der Waals surface area contributed by atoms with Crippen LogP contribution in [0.5, 0.6) is 0 Å². The summed E-state index contributed by atoms with van der Waals surface area (Å²) in [7, 11) is 0. The third-order valence-corrected chi connectivity index (χ3v) is 2.87. The van der Waals surface area contributed by atoms with Crippen molar-refractivity contribution in [1.82, 2.24) is 4.98 Å². The standard InChI is InChI=1S/C10H12ClN3O2/c11-9-5-8(14(15)16)6-13-10(9)12-4-3-7-1-2-7/h5-7H,1-4H2,(H,12,13). The minimum Gasteiger partial charge on any atom is -0.369 e. The van der Waals surface area contributed by atoms with Crippen LogP contribution in [-0.2, 0) is 0 Å².